The fourth-order valence-corrected chi connectivity index (χ4v) is 2.07. The van der Waals surface area contributed by atoms with E-state index in [2.05, 4.69) is 16.6 Å². The van der Waals surface area contributed by atoms with Gasteiger partial charge in [0.25, 0.3) is 0 Å². The lowest BCUT2D eigenvalue weighted by atomic mass is 10.0. The summed E-state index contributed by atoms with van der Waals surface area (Å²) in [6.07, 6.45) is 5.85. The van der Waals surface area contributed by atoms with Crippen molar-refractivity contribution in [3.8, 4) is 0 Å². The number of ether oxygens (including phenoxy) is 2. The maximum absolute atomic E-state index is 11.3. The minimum Gasteiger partial charge on any atom is -0.466 e. The molecule has 0 N–H and O–H groups in total. The summed E-state index contributed by atoms with van der Waals surface area (Å²) in [5, 5.41) is 0. The average Bonchev–Trinajstić information content (AvgIpc) is 2.61. The van der Waals surface area contributed by atoms with Crippen molar-refractivity contribution in [2.45, 2.75) is 26.2 Å². The molecule has 1 unspecified atom stereocenters. The molecule has 1 saturated heterocycles. The van der Waals surface area contributed by atoms with Crippen molar-refractivity contribution in [2.24, 2.45) is 5.92 Å². The van der Waals surface area contributed by atoms with Crippen LogP contribution in [-0.4, -0.2) is 50.2 Å². The molecule has 5 heteroatoms. The van der Waals surface area contributed by atoms with Crippen LogP contribution in [0.1, 0.15) is 26.2 Å². The summed E-state index contributed by atoms with van der Waals surface area (Å²) < 4.78 is 9.41. The Bertz CT molecular complexity index is 327. The number of carbonyl (C=O) groups is 2. The van der Waals surface area contributed by atoms with E-state index in [9.17, 15) is 9.59 Å². The van der Waals surface area contributed by atoms with Crippen molar-refractivity contribution in [1.29, 1.82) is 0 Å². The van der Waals surface area contributed by atoms with Gasteiger partial charge >= 0.3 is 11.9 Å². The molecular weight excluding hydrogens is 246 g/mol. The molecule has 0 spiro atoms. The van der Waals surface area contributed by atoms with Gasteiger partial charge < -0.3 is 9.47 Å². The van der Waals surface area contributed by atoms with E-state index in [-0.39, 0.29) is 0 Å². The molecule has 5 nitrogen and oxygen atoms in total. The van der Waals surface area contributed by atoms with E-state index >= 15 is 0 Å². The van der Waals surface area contributed by atoms with E-state index in [0.717, 1.165) is 37.7 Å². The fourth-order valence-electron chi connectivity index (χ4n) is 2.07. The topological polar surface area (TPSA) is 55.8 Å². The number of carbonyl (C=O) groups excluding carboxylic acids is 2. The summed E-state index contributed by atoms with van der Waals surface area (Å²) in [7, 11) is 1.26. The Balaban J connectivity index is 2.17. The van der Waals surface area contributed by atoms with E-state index in [1.54, 1.807) is 0 Å². The quantitative estimate of drug-likeness (QED) is 0.557. The van der Waals surface area contributed by atoms with E-state index in [4.69, 9.17) is 4.74 Å². The molecule has 0 aromatic rings. The minimum atomic E-state index is -0.557. The largest absolute Gasteiger partial charge is 0.466 e. The zero-order valence-corrected chi connectivity index (χ0v) is 11.8. The monoisotopic (exact) mass is 269 g/mol. The number of hydrogen-bond donors (Lipinski definition) is 0. The zero-order valence-electron chi connectivity index (χ0n) is 11.8. The number of likely N-dealkylation sites (tertiary alicyclic amines) is 1. The van der Waals surface area contributed by atoms with Crippen molar-refractivity contribution >= 4 is 11.9 Å². The minimum absolute atomic E-state index is 0.360. The van der Waals surface area contributed by atoms with Gasteiger partial charge in [-0.2, -0.15) is 0 Å². The molecule has 1 aliphatic heterocycles. The predicted molar refractivity (Wildman–Crippen MR) is 71.6 cm³/mol. The molecule has 0 radical (unpaired) electrons. The molecule has 1 heterocycles. The van der Waals surface area contributed by atoms with Gasteiger partial charge in [0, 0.05) is 18.7 Å². The lowest BCUT2D eigenvalue weighted by molar-refractivity contribution is -0.139. The standard InChI is InChI=1S/C14H23NO4/c1-12-4-3-8-15(9-7-12)10-11-19-14(17)6-5-13(16)18-2/h5-6,12H,3-4,7-11H2,1-2H3/b6-5+. The van der Waals surface area contributed by atoms with Gasteiger partial charge in [0.2, 0.25) is 0 Å². The predicted octanol–water partition coefficient (Wildman–Crippen LogP) is 1.38. The number of hydrogen-bond acceptors (Lipinski definition) is 5. The van der Waals surface area contributed by atoms with Gasteiger partial charge in [-0.25, -0.2) is 9.59 Å². The van der Waals surface area contributed by atoms with E-state index in [0.29, 0.717) is 6.61 Å². The van der Waals surface area contributed by atoms with Crippen molar-refractivity contribution in [3.63, 3.8) is 0 Å². The summed E-state index contributed by atoms with van der Waals surface area (Å²) in [6, 6.07) is 0. The van der Waals surface area contributed by atoms with E-state index in [1.807, 2.05) is 0 Å². The SMILES string of the molecule is COC(=O)/C=C/C(=O)OCCN1CCCC(C)CC1. The van der Waals surface area contributed by atoms with Crippen LogP contribution in [0.5, 0.6) is 0 Å². The molecular formula is C14H23NO4. The number of nitrogens with zero attached hydrogens (tertiary/aromatic N) is 1. The molecule has 1 fully saturated rings. The highest BCUT2D eigenvalue weighted by Gasteiger charge is 2.13. The second kappa shape index (κ2) is 8.69. The second-order valence-electron chi connectivity index (χ2n) is 4.90. The normalized spacial score (nSPS) is 21.1. The molecule has 0 amide bonds. The van der Waals surface area contributed by atoms with Gasteiger partial charge in [0.15, 0.2) is 0 Å². The first-order valence-corrected chi connectivity index (χ1v) is 6.77. The second-order valence-corrected chi connectivity index (χ2v) is 4.90. The first-order valence-electron chi connectivity index (χ1n) is 6.77. The van der Waals surface area contributed by atoms with Gasteiger partial charge in [0.05, 0.1) is 7.11 Å². The molecule has 0 aromatic heterocycles. The third-order valence-electron chi connectivity index (χ3n) is 3.32. The molecule has 0 aliphatic carbocycles. The van der Waals surface area contributed by atoms with Gasteiger partial charge in [-0.3, -0.25) is 4.90 Å². The summed E-state index contributed by atoms with van der Waals surface area (Å²) in [4.78, 5) is 24.4. The molecule has 0 saturated carbocycles. The highest BCUT2D eigenvalue weighted by molar-refractivity contribution is 5.91. The lowest BCUT2D eigenvalue weighted by Crippen LogP contribution is -2.29. The third-order valence-corrected chi connectivity index (χ3v) is 3.32. The number of rotatable bonds is 5. The Morgan fingerprint density at radius 2 is 1.95 bits per heavy atom. The lowest BCUT2D eigenvalue weighted by Gasteiger charge is -2.19. The van der Waals surface area contributed by atoms with Crippen LogP contribution in [0.4, 0.5) is 0 Å². The van der Waals surface area contributed by atoms with Crippen LogP contribution in [0, 0.1) is 5.92 Å². The summed E-state index contributed by atoms with van der Waals surface area (Å²) in [5.41, 5.74) is 0. The van der Waals surface area contributed by atoms with E-state index < -0.39 is 11.9 Å². The van der Waals surface area contributed by atoms with Gasteiger partial charge in [0.1, 0.15) is 6.61 Å². The van der Waals surface area contributed by atoms with Gasteiger partial charge in [-0.1, -0.05) is 6.92 Å². The van der Waals surface area contributed by atoms with Crippen molar-refractivity contribution in [1.82, 2.24) is 4.90 Å². The molecule has 108 valence electrons. The van der Waals surface area contributed by atoms with Crippen LogP contribution < -0.4 is 0 Å². The Hall–Kier alpha value is -1.36. The Kier molecular flexibility index (Phi) is 7.18. The maximum atomic E-state index is 11.3. The summed E-state index contributed by atoms with van der Waals surface area (Å²) in [6.45, 7) is 5.53. The highest BCUT2D eigenvalue weighted by atomic mass is 16.5. The highest BCUT2D eigenvalue weighted by Crippen LogP contribution is 2.15. The first kappa shape index (κ1) is 15.7. The summed E-state index contributed by atoms with van der Waals surface area (Å²) >= 11 is 0. The van der Waals surface area contributed by atoms with Crippen LogP contribution in [0.3, 0.4) is 0 Å². The van der Waals surface area contributed by atoms with Crippen LogP contribution in [0.25, 0.3) is 0 Å². The van der Waals surface area contributed by atoms with Gasteiger partial charge in [-0.15, -0.1) is 0 Å². The Morgan fingerprint density at radius 3 is 2.68 bits per heavy atom. The van der Waals surface area contributed by atoms with Gasteiger partial charge in [-0.05, 0) is 38.3 Å². The average molecular weight is 269 g/mol. The number of methoxy groups -OCH3 is 1. The Morgan fingerprint density at radius 1 is 1.21 bits per heavy atom. The molecule has 0 bridgehead atoms. The Labute approximate surface area is 114 Å². The van der Waals surface area contributed by atoms with E-state index in [1.165, 1.54) is 26.4 Å². The number of esters is 2. The summed E-state index contributed by atoms with van der Waals surface area (Å²) in [5.74, 6) is -0.275. The fraction of sp³-hybridized carbons (Fsp3) is 0.714. The molecule has 19 heavy (non-hydrogen) atoms. The van der Waals surface area contributed by atoms with Crippen molar-refractivity contribution in [3.05, 3.63) is 12.2 Å². The zero-order chi connectivity index (χ0) is 14.1. The van der Waals surface area contributed by atoms with Crippen LogP contribution in [-0.2, 0) is 19.1 Å². The van der Waals surface area contributed by atoms with Crippen LogP contribution >= 0.6 is 0 Å². The van der Waals surface area contributed by atoms with Crippen LogP contribution in [0.15, 0.2) is 12.2 Å². The third kappa shape index (κ3) is 6.96. The maximum Gasteiger partial charge on any atom is 0.331 e. The van der Waals surface area contributed by atoms with Crippen molar-refractivity contribution in [2.75, 3.05) is 33.4 Å². The smallest absolute Gasteiger partial charge is 0.331 e. The van der Waals surface area contributed by atoms with Crippen molar-refractivity contribution < 1.29 is 19.1 Å². The molecule has 1 aliphatic rings. The first-order chi connectivity index (χ1) is 9.11. The molecule has 0 aromatic carbocycles. The molecule has 1 atom stereocenters. The molecule has 1 rings (SSSR count). The van der Waals surface area contributed by atoms with Crippen LogP contribution in [0.2, 0.25) is 0 Å².